The molecule has 0 bridgehead atoms. The average molecular weight is 454 g/mol. The third-order valence-electron chi connectivity index (χ3n) is 5.26. The van der Waals surface area contributed by atoms with Crippen LogP contribution in [0.1, 0.15) is 19.4 Å². The van der Waals surface area contributed by atoms with Gasteiger partial charge in [-0.25, -0.2) is 17.6 Å². The second-order valence-corrected chi connectivity index (χ2v) is 10.2. The molecule has 1 fully saturated rings. The standard InChI is InChI=1S/C21H25ClFN3O3S/c1-21(2,16-7-3-4-8-17(16)22)15-24-20(27)25-11-13-26(14-12-25)30(28,29)19-10-6-5-9-18(19)23/h3-10H,11-15H2,1-2H3,(H,24,27). The molecule has 1 saturated heterocycles. The van der Waals surface area contributed by atoms with Gasteiger partial charge in [0.2, 0.25) is 10.0 Å². The maximum atomic E-state index is 13.9. The van der Waals surface area contributed by atoms with Crippen molar-refractivity contribution in [2.45, 2.75) is 24.2 Å². The van der Waals surface area contributed by atoms with Gasteiger partial charge in [0.05, 0.1) is 0 Å². The largest absolute Gasteiger partial charge is 0.337 e. The molecule has 1 N–H and O–H groups in total. The van der Waals surface area contributed by atoms with E-state index in [4.69, 9.17) is 11.6 Å². The summed E-state index contributed by atoms with van der Waals surface area (Å²) in [5.74, 6) is -0.778. The Morgan fingerprint density at radius 3 is 2.30 bits per heavy atom. The first-order valence-corrected chi connectivity index (χ1v) is 11.5. The molecule has 0 unspecified atom stereocenters. The summed E-state index contributed by atoms with van der Waals surface area (Å²) < 4.78 is 40.5. The highest BCUT2D eigenvalue weighted by Gasteiger charge is 2.32. The third kappa shape index (κ3) is 4.77. The number of sulfonamides is 1. The number of halogens is 2. The molecule has 1 aliphatic rings. The van der Waals surface area contributed by atoms with Crippen LogP contribution in [0.5, 0.6) is 0 Å². The summed E-state index contributed by atoms with van der Waals surface area (Å²) in [7, 11) is -3.93. The Labute approximate surface area is 181 Å². The third-order valence-corrected chi connectivity index (χ3v) is 7.53. The lowest BCUT2D eigenvalue weighted by atomic mass is 9.84. The van der Waals surface area contributed by atoms with Crippen molar-refractivity contribution in [3.63, 3.8) is 0 Å². The number of urea groups is 1. The summed E-state index contributed by atoms with van der Waals surface area (Å²) >= 11 is 6.28. The summed E-state index contributed by atoms with van der Waals surface area (Å²) in [4.78, 5) is 13.8. The monoisotopic (exact) mass is 453 g/mol. The van der Waals surface area contributed by atoms with Crippen molar-refractivity contribution in [3.8, 4) is 0 Å². The molecule has 0 atom stereocenters. The number of nitrogens with one attached hydrogen (secondary N) is 1. The molecule has 2 amide bonds. The zero-order valence-corrected chi connectivity index (χ0v) is 18.5. The van der Waals surface area contributed by atoms with Crippen LogP contribution in [0.25, 0.3) is 0 Å². The van der Waals surface area contributed by atoms with Gasteiger partial charge in [0, 0.05) is 43.2 Å². The number of hydrogen-bond donors (Lipinski definition) is 1. The number of carbonyl (C=O) groups excluding carboxylic acids is 1. The van der Waals surface area contributed by atoms with Gasteiger partial charge in [-0.1, -0.05) is 55.8 Å². The van der Waals surface area contributed by atoms with Crippen molar-refractivity contribution >= 4 is 27.7 Å². The number of hydrogen-bond acceptors (Lipinski definition) is 3. The van der Waals surface area contributed by atoms with Crippen LogP contribution in [0.2, 0.25) is 5.02 Å². The van der Waals surface area contributed by atoms with Gasteiger partial charge >= 0.3 is 6.03 Å². The molecule has 162 valence electrons. The first-order valence-electron chi connectivity index (χ1n) is 9.65. The Bertz CT molecular complexity index is 1020. The minimum atomic E-state index is -3.93. The van der Waals surface area contributed by atoms with Crippen LogP contribution >= 0.6 is 11.6 Å². The summed E-state index contributed by atoms with van der Waals surface area (Å²) in [5.41, 5.74) is 0.567. The molecule has 3 rings (SSSR count). The first-order chi connectivity index (χ1) is 14.1. The summed E-state index contributed by atoms with van der Waals surface area (Å²) in [5, 5.41) is 3.56. The second-order valence-electron chi connectivity index (χ2n) is 7.84. The first kappa shape index (κ1) is 22.5. The maximum absolute atomic E-state index is 13.9. The Morgan fingerprint density at radius 1 is 1.07 bits per heavy atom. The number of benzene rings is 2. The molecule has 0 radical (unpaired) electrons. The fourth-order valence-electron chi connectivity index (χ4n) is 3.44. The SMILES string of the molecule is CC(C)(CNC(=O)N1CCN(S(=O)(=O)c2ccccc2F)CC1)c1ccccc1Cl. The quantitative estimate of drug-likeness (QED) is 0.753. The Kier molecular flexibility index (Phi) is 6.69. The van der Waals surface area contributed by atoms with Crippen molar-refractivity contribution in [3.05, 3.63) is 64.9 Å². The van der Waals surface area contributed by atoms with Crippen molar-refractivity contribution < 1.29 is 17.6 Å². The molecule has 0 saturated carbocycles. The minimum absolute atomic E-state index is 0.109. The van der Waals surface area contributed by atoms with E-state index in [0.29, 0.717) is 11.6 Å². The molecule has 0 aliphatic carbocycles. The molecule has 30 heavy (non-hydrogen) atoms. The van der Waals surface area contributed by atoms with E-state index in [0.717, 1.165) is 11.6 Å². The topological polar surface area (TPSA) is 69.7 Å². The maximum Gasteiger partial charge on any atom is 0.317 e. The van der Waals surface area contributed by atoms with Crippen LogP contribution in [0.15, 0.2) is 53.4 Å². The average Bonchev–Trinajstić information content (AvgIpc) is 2.72. The molecule has 0 spiro atoms. The number of amides is 2. The summed E-state index contributed by atoms with van der Waals surface area (Å²) in [6, 6.07) is 12.5. The Balaban J connectivity index is 1.58. The van der Waals surface area contributed by atoms with E-state index in [2.05, 4.69) is 5.32 Å². The highest BCUT2D eigenvalue weighted by molar-refractivity contribution is 7.89. The van der Waals surface area contributed by atoms with E-state index >= 15 is 0 Å². The van der Waals surface area contributed by atoms with Gasteiger partial charge in [-0.15, -0.1) is 0 Å². The molecular formula is C21H25ClFN3O3S. The molecular weight excluding hydrogens is 429 g/mol. The molecule has 1 heterocycles. The van der Waals surface area contributed by atoms with Gasteiger partial charge in [-0.3, -0.25) is 0 Å². The number of rotatable bonds is 5. The fourth-order valence-corrected chi connectivity index (χ4v) is 5.32. The van der Waals surface area contributed by atoms with Crippen LogP contribution < -0.4 is 5.32 Å². The Morgan fingerprint density at radius 2 is 1.67 bits per heavy atom. The van der Waals surface area contributed by atoms with E-state index in [1.807, 2.05) is 38.1 Å². The van der Waals surface area contributed by atoms with Crippen molar-refractivity contribution in [1.29, 1.82) is 0 Å². The summed E-state index contributed by atoms with van der Waals surface area (Å²) in [6.07, 6.45) is 0. The Hall–Kier alpha value is -2.16. The highest BCUT2D eigenvalue weighted by atomic mass is 35.5. The number of piperazine rings is 1. The van der Waals surface area contributed by atoms with Crippen molar-refractivity contribution in [1.82, 2.24) is 14.5 Å². The van der Waals surface area contributed by atoms with Gasteiger partial charge in [-0.05, 0) is 23.8 Å². The van der Waals surface area contributed by atoms with Crippen molar-refractivity contribution in [2.24, 2.45) is 0 Å². The minimum Gasteiger partial charge on any atom is -0.337 e. The van der Waals surface area contributed by atoms with Gasteiger partial charge in [-0.2, -0.15) is 4.31 Å². The van der Waals surface area contributed by atoms with Gasteiger partial charge in [0.15, 0.2) is 0 Å². The lowest BCUT2D eigenvalue weighted by Crippen LogP contribution is -2.54. The highest BCUT2D eigenvalue weighted by Crippen LogP contribution is 2.29. The van der Waals surface area contributed by atoms with Crippen molar-refractivity contribution in [2.75, 3.05) is 32.7 Å². The normalized spacial score (nSPS) is 15.8. The van der Waals surface area contributed by atoms with Crippen LogP contribution in [-0.4, -0.2) is 56.4 Å². The predicted octanol–water partition coefficient (Wildman–Crippen LogP) is 3.47. The number of nitrogens with zero attached hydrogens (tertiary/aromatic N) is 2. The van der Waals surface area contributed by atoms with E-state index in [-0.39, 0.29) is 42.5 Å². The van der Waals surface area contributed by atoms with Crippen LogP contribution in [-0.2, 0) is 15.4 Å². The smallest absolute Gasteiger partial charge is 0.317 e. The predicted molar refractivity (Wildman–Crippen MR) is 115 cm³/mol. The molecule has 2 aromatic rings. The molecule has 0 aromatic heterocycles. The molecule has 6 nitrogen and oxygen atoms in total. The van der Waals surface area contributed by atoms with E-state index in [9.17, 15) is 17.6 Å². The molecule has 1 aliphatic heterocycles. The van der Waals surface area contributed by atoms with Gasteiger partial charge in [0.1, 0.15) is 10.7 Å². The zero-order valence-electron chi connectivity index (χ0n) is 16.9. The number of carbonyl (C=O) groups is 1. The molecule has 2 aromatic carbocycles. The second kappa shape index (κ2) is 8.91. The van der Waals surface area contributed by atoms with Crippen LogP contribution in [0.4, 0.5) is 9.18 Å². The van der Waals surface area contributed by atoms with Gasteiger partial charge in [0.25, 0.3) is 0 Å². The fraction of sp³-hybridized carbons (Fsp3) is 0.381. The van der Waals surface area contributed by atoms with E-state index < -0.39 is 15.8 Å². The van der Waals surface area contributed by atoms with Crippen LogP contribution in [0.3, 0.4) is 0 Å². The van der Waals surface area contributed by atoms with Gasteiger partial charge < -0.3 is 10.2 Å². The molecule has 9 heteroatoms. The van der Waals surface area contributed by atoms with Crippen LogP contribution in [0, 0.1) is 5.82 Å². The summed E-state index contributed by atoms with van der Waals surface area (Å²) in [6.45, 7) is 5.04. The lowest BCUT2D eigenvalue weighted by molar-refractivity contribution is 0.170. The van der Waals surface area contributed by atoms with E-state index in [1.165, 1.54) is 22.5 Å². The van der Waals surface area contributed by atoms with E-state index in [1.54, 1.807) is 4.90 Å². The zero-order chi connectivity index (χ0) is 21.9. The lowest BCUT2D eigenvalue weighted by Gasteiger charge is -2.35.